The average Bonchev–Trinajstić information content (AvgIpc) is 2.40. The molecular formula is C18H20ClN. The second-order valence-corrected chi connectivity index (χ2v) is 6.13. The number of nitrogens with two attached hydrogens (primary N) is 1. The number of benzene rings is 2. The zero-order valence-electron chi connectivity index (χ0n) is 11.6. The summed E-state index contributed by atoms with van der Waals surface area (Å²) in [5, 5.41) is 0.775. The van der Waals surface area contributed by atoms with Crippen molar-refractivity contribution in [3.8, 4) is 0 Å². The molecule has 3 rings (SSSR count). The van der Waals surface area contributed by atoms with Crippen LogP contribution in [-0.4, -0.2) is 0 Å². The van der Waals surface area contributed by atoms with Crippen LogP contribution in [0.15, 0.2) is 48.5 Å². The van der Waals surface area contributed by atoms with E-state index in [0.29, 0.717) is 0 Å². The van der Waals surface area contributed by atoms with Crippen LogP contribution in [0.4, 0.5) is 0 Å². The van der Waals surface area contributed by atoms with Crippen molar-refractivity contribution >= 4 is 11.6 Å². The molecule has 1 fully saturated rings. The Kier molecular flexibility index (Phi) is 4.09. The monoisotopic (exact) mass is 285 g/mol. The lowest BCUT2D eigenvalue weighted by atomic mass is 9.77. The van der Waals surface area contributed by atoms with Crippen molar-refractivity contribution in [1.82, 2.24) is 0 Å². The summed E-state index contributed by atoms with van der Waals surface area (Å²) in [7, 11) is 0. The molecule has 0 bridgehead atoms. The molecule has 2 aromatic carbocycles. The molecule has 0 aliphatic heterocycles. The van der Waals surface area contributed by atoms with Gasteiger partial charge in [-0.25, -0.2) is 0 Å². The maximum absolute atomic E-state index is 6.45. The molecule has 2 heteroatoms. The molecule has 1 nitrogen and oxygen atoms in total. The van der Waals surface area contributed by atoms with Crippen LogP contribution in [0.3, 0.4) is 0 Å². The van der Waals surface area contributed by atoms with Gasteiger partial charge in [0.15, 0.2) is 0 Å². The van der Waals surface area contributed by atoms with Crippen LogP contribution >= 0.6 is 11.6 Å². The largest absolute Gasteiger partial charge is 0.324 e. The van der Waals surface area contributed by atoms with Gasteiger partial charge in [-0.2, -0.15) is 0 Å². The minimum Gasteiger partial charge on any atom is -0.324 e. The fourth-order valence-electron chi connectivity index (χ4n) is 2.92. The predicted molar refractivity (Wildman–Crippen MR) is 85.1 cm³/mol. The first kappa shape index (κ1) is 13.7. The minimum absolute atomic E-state index is 0.0629. The third kappa shape index (κ3) is 2.89. The number of hydrogen-bond acceptors (Lipinski definition) is 1. The third-order valence-electron chi connectivity index (χ3n) is 4.31. The topological polar surface area (TPSA) is 26.0 Å². The second-order valence-electron chi connectivity index (χ2n) is 5.69. The molecule has 0 radical (unpaired) electrons. The first-order valence-electron chi connectivity index (χ1n) is 7.33. The average molecular weight is 286 g/mol. The second kappa shape index (κ2) is 5.99. The van der Waals surface area contributed by atoms with Gasteiger partial charge in [-0.15, -0.1) is 0 Å². The number of rotatable bonds is 4. The van der Waals surface area contributed by atoms with Gasteiger partial charge in [-0.05, 0) is 54.0 Å². The summed E-state index contributed by atoms with van der Waals surface area (Å²) in [4.78, 5) is 0. The molecular weight excluding hydrogens is 266 g/mol. The van der Waals surface area contributed by atoms with E-state index in [0.717, 1.165) is 17.4 Å². The van der Waals surface area contributed by atoms with Crippen molar-refractivity contribution in [1.29, 1.82) is 0 Å². The van der Waals surface area contributed by atoms with Gasteiger partial charge in [-0.1, -0.05) is 54.4 Å². The zero-order valence-corrected chi connectivity index (χ0v) is 12.3. The standard InChI is InChI=1S/C18H20ClN/c19-15-10-8-13(9-11-15)12-18(20)17-7-2-1-6-16(17)14-4-3-5-14/h1-2,6-11,14,18H,3-5,12,20H2. The number of halogens is 1. The summed E-state index contributed by atoms with van der Waals surface area (Å²) in [6.07, 6.45) is 4.84. The highest BCUT2D eigenvalue weighted by molar-refractivity contribution is 6.30. The Labute approximate surface area is 125 Å². The molecule has 0 aromatic heterocycles. The maximum atomic E-state index is 6.45. The Hall–Kier alpha value is -1.31. The molecule has 1 saturated carbocycles. The van der Waals surface area contributed by atoms with Crippen molar-refractivity contribution < 1.29 is 0 Å². The maximum Gasteiger partial charge on any atom is 0.0406 e. The van der Waals surface area contributed by atoms with E-state index in [1.165, 1.54) is 36.0 Å². The lowest BCUT2D eigenvalue weighted by molar-refractivity contribution is 0.415. The Morgan fingerprint density at radius 1 is 1.05 bits per heavy atom. The van der Waals surface area contributed by atoms with E-state index in [2.05, 4.69) is 36.4 Å². The molecule has 104 valence electrons. The molecule has 20 heavy (non-hydrogen) atoms. The van der Waals surface area contributed by atoms with Gasteiger partial charge >= 0.3 is 0 Å². The summed E-state index contributed by atoms with van der Waals surface area (Å²) in [5.74, 6) is 0.725. The third-order valence-corrected chi connectivity index (χ3v) is 4.56. The molecule has 0 saturated heterocycles. The predicted octanol–water partition coefficient (Wildman–Crippen LogP) is 4.85. The van der Waals surface area contributed by atoms with Crippen LogP contribution in [0.1, 0.15) is 47.9 Å². The van der Waals surface area contributed by atoms with Crippen LogP contribution in [-0.2, 0) is 6.42 Å². The summed E-state index contributed by atoms with van der Waals surface area (Å²) in [6, 6.07) is 16.7. The summed E-state index contributed by atoms with van der Waals surface area (Å²) in [5.41, 5.74) is 10.5. The lowest BCUT2D eigenvalue weighted by Gasteiger charge is -2.29. The first-order chi connectivity index (χ1) is 9.74. The SMILES string of the molecule is NC(Cc1ccc(Cl)cc1)c1ccccc1C1CCC1. The molecule has 1 atom stereocenters. The zero-order chi connectivity index (χ0) is 13.9. The van der Waals surface area contributed by atoms with Crippen LogP contribution in [0, 0.1) is 0 Å². The fourth-order valence-corrected chi connectivity index (χ4v) is 3.05. The lowest BCUT2D eigenvalue weighted by Crippen LogP contribution is -2.19. The van der Waals surface area contributed by atoms with Crippen molar-refractivity contribution in [2.75, 3.05) is 0 Å². The molecule has 1 unspecified atom stereocenters. The smallest absolute Gasteiger partial charge is 0.0406 e. The molecule has 2 N–H and O–H groups in total. The summed E-state index contributed by atoms with van der Waals surface area (Å²) in [6.45, 7) is 0. The first-order valence-corrected chi connectivity index (χ1v) is 7.70. The van der Waals surface area contributed by atoms with Crippen molar-refractivity contribution in [3.05, 3.63) is 70.2 Å². The normalized spacial score (nSPS) is 16.7. The van der Waals surface area contributed by atoms with Crippen LogP contribution < -0.4 is 5.73 Å². The highest BCUT2D eigenvalue weighted by Crippen LogP contribution is 2.39. The van der Waals surface area contributed by atoms with Crippen molar-refractivity contribution in [3.63, 3.8) is 0 Å². The molecule has 0 spiro atoms. The van der Waals surface area contributed by atoms with Gasteiger partial charge in [0.1, 0.15) is 0 Å². The van der Waals surface area contributed by atoms with Gasteiger partial charge in [-0.3, -0.25) is 0 Å². The van der Waals surface area contributed by atoms with Crippen molar-refractivity contribution in [2.45, 2.75) is 37.6 Å². The molecule has 0 heterocycles. The highest BCUT2D eigenvalue weighted by Gasteiger charge is 2.23. The molecule has 1 aliphatic carbocycles. The van der Waals surface area contributed by atoms with Gasteiger partial charge in [0.2, 0.25) is 0 Å². The van der Waals surface area contributed by atoms with E-state index in [4.69, 9.17) is 17.3 Å². The quantitative estimate of drug-likeness (QED) is 0.854. The molecule has 1 aliphatic rings. The van der Waals surface area contributed by atoms with Crippen LogP contribution in [0.5, 0.6) is 0 Å². The van der Waals surface area contributed by atoms with E-state index < -0.39 is 0 Å². The Morgan fingerprint density at radius 3 is 2.40 bits per heavy atom. The van der Waals surface area contributed by atoms with Gasteiger partial charge in [0.25, 0.3) is 0 Å². The van der Waals surface area contributed by atoms with E-state index in [9.17, 15) is 0 Å². The fraction of sp³-hybridized carbons (Fsp3) is 0.333. The Balaban J connectivity index is 1.79. The Morgan fingerprint density at radius 2 is 1.75 bits per heavy atom. The van der Waals surface area contributed by atoms with Crippen molar-refractivity contribution in [2.24, 2.45) is 5.73 Å². The van der Waals surface area contributed by atoms with E-state index >= 15 is 0 Å². The van der Waals surface area contributed by atoms with Gasteiger partial charge in [0, 0.05) is 11.1 Å². The molecule has 2 aromatic rings. The van der Waals surface area contributed by atoms with Gasteiger partial charge < -0.3 is 5.73 Å². The highest BCUT2D eigenvalue weighted by atomic mass is 35.5. The van der Waals surface area contributed by atoms with Crippen LogP contribution in [0.25, 0.3) is 0 Å². The Bertz CT molecular complexity index is 572. The number of hydrogen-bond donors (Lipinski definition) is 1. The van der Waals surface area contributed by atoms with E-state index in [1.54, 1.807) is 0 Å². The van der Waals surface area contributed by atoms with Crippen LogP contribution in [0.2, 0.25) is 5.02 Å². The summed E-state index contributed by atoms with van der Waals surface area (Å²) < 4.78 is 0. The minimum atomic E-state index is 0.0629. The summed E-state index contributed by atoms with van der Waals surface area (Å²) >= 11 is 5.93. The van der Waals surface area contributed by atoms with E-state index in [1.807, 2.05) is 12.1 Å². The van der Waals surface area contributed by atoms with E-state index in [-0.39, 0.29) is 6.04 Å². The van der Waals surface area contributed by atoms with Gasteiger partial charge in [0.05, 0.1) is 0 Å². The molecule has 0 amide bonds.